The maximum atomic E-state index is 12.8. The Morgan fingerprint density at radius 3 is 2.64 bits per heavy atom. The number of hydrogen-bond donors (Lipinski definition) is 1. The van der Waals surface area contributed by atoms with E-state index in [-0.39, 0.29) is 11.5 Å². The number of anilines is 1. The smallest absolute Gasteiger partial charge is 0.343 e. The second kappa shape index (κ2) is 11.2. The van der Waals surface area contributed by atoms with Crippen LogP contribution < -0.4 is 10.1 Å². The highest BCUT2D eigenvalue weighted by Gasteiger charge is 2.36. The van der Waals surface area contributed by atoms with Gasteiger partial charge in [-0.05, 0) is 70.2 Å². The van der Waals surface area contributed by atoms with Crippen LogP contribution in [0.2, 0.25) is 5.02 Å². The van der Waals surface area contributed by atoms with Crippen LogP contribution in [0.3, 0.4) is 0 Å². The van der Waals surface area contributed by atoms with Crippen molar-refractivity contribution in [3.05, 3.63) is 60.8 Å². The van der Waals surface area contributed by atoms with Crippen molar-refractivity contribution in [2.75, 3.05) is 25.6 Å². The number of halogens is 3. The van der Waals surface area contributed by atoms with Gasteiger partial charge in [-0.15, -0.1) is 0 Å². The SMILES string of the molecule is COC(=O)COc1ccc(Br)cc1/C=C1/SC(=O)N(CC(=O)Nc2ccc(Br)c(Cl)c2)C1=O. The van der Waals surface area contributed by atoms with Gasteiger partial charge in [-0.1, -0.05) is 27.5 Å². The van der Waals surface area contributed by atoms with E-state index < -0.39 is 29.6 Å². The molecule has 2 aromatic rings. The molecule has 0 aliphatic carbocycles. The van der Waals surface area contributed by atoms with Gasteiger partial charge in [0.1, 0.15) is 12.3 Å². The van der Waals surface area contributed by atoms with Crippen LogP contribution >= 0.6 is 55.2 Å². The minimum absolute atomic E-state index is 0.112. The highest BCUT2D eigenvalue weighted by Crippen LogP contribution is 2.35. The van der Waals surface area contributed by atoms with Gasteiger partial charge in [0.2, 0.25) is 5.91 Å². The molecule has 1 saturated heterocycles. The topological polar surface area (TPSA) is 102 Å². The molecular weight excluding hydrogens is 604 g/mol. The second-order valence-electron chi connectivity index (χ2n) is 6.49. The van der Waals surface area contributed by atoms with Crippen molar-refractivity contribution in [2.24, 2.45) is 0 Å². The predicted molar refractivity (Wildman–Crippen MR) is 132 cm³/mol. The molecule has 0 saturated carbocycles. The third kappa shape index (κ3) is 6.59. The molecule has 8 nitrogen and oxygen atoms in total. The zero-order valence-electron chi connectivity index (χ0n) is 16.9. The van der Waals surface area contributed by atoms with Gasteiger partial charge in [-0.2, -0.15) is 0 Å². The monoisotopic (exact) mass is 616 g/mol. The quantitative estimate of drug-likeness (QED) is 0.341. The van der Waals surface area contributed by atoms with Gasteiger partial charge in [-0.25, -0.2) is 4.79 Å². The van der Waals surface area contributed by atoms with E-state index in [4.69, 9.17) is 16.3 Å². The normalized spacial score (nSPS) is 14.5. The van der Waals surface area contributed by atoms with Crippen LogP contribution in [0.15, 0.2) is 50.2 Å². The Morgan fingerprint density at radius 2 is 1.94 bits per heavy atom. The third-order valence-electron chi connectivity index (χ3n) is 4.21. The Bertz CT molecular complexity index is 1170. The first kappa shape index (κ1) is 25.3. The van der Waals surface area contributed by atoms with Crippen molar-refractivity contribution < 1.29 is 28.7 Å². The molecule has 0 atom stereocenters. The van der Waals surface area contributed by atoms with E-state index in [1.54, 1.807) is 36.4 Å². The molecule has 1 heterocycles. The van der Waals surface area contributed by atoms with Crippen LogP contribution in [0.5, 0.6) is 5.75 Å². The van der Waals surface area contributed by atoms with Crippen molar-refractivity contribution in [2.45, 2.75) is 0 Å². The zero-order chi connectivity index (χ0) is 24.1. The zero-order valence-corrected chi connectivity index (χ0v) is 21.6. The number of thioether (sulfide) groups is 1. The van der Waals surface area contributed by atoms with E-state index in [0.717, 1.165) is 4.90 Å². The summed E-state index contributed by atoms with van der Waals surface area (Å²) in [7, 11) is 1.24. The third-order valence-corrected chi connectivity index (χ3v) is 6.84. The number of esters is 1. The lowest BCUT2D eigenvalue weighted by molar-refractivity contribution is -0.142. The summed E-state index contributed by atoms with van der Waals surface area (Å²) in [6, 6.07) is 9.82. The van der Waals surface area contributed by atoms with Crippen LogP contribution in [0.4, 0.5) is 10.5 Å². The van der Waals surface area contributed by atoms with Crippen molar-refractivity contribution in [3.8, 4) is 5.75 Å². The van der Waals surface area contributed by atoms with Gasteiger partial charge >= 0.3 is 5.97 Å². The van der Waals surface area contributed by atoms with E-state index >= 15 is 0 Å². The number of amides is 3. The van der Waals surface area contributed by atoms with Crippen molar-refractivity contribution >= 4 is 90.0 Å². The lowest BCUT2D eigenvalue weighted by Crippen LogP contribution is -2.36. The maximum absolute atomic E-state index is 12.8. The van der Waals surface area contributed by atoms with E-state index in [0.29, 0.717) is 42.7 Å². The summed E-state index contributed by atoms with van der Waals surface area (Å²) in [4.78, 5) is 49.9. The van der Waals surface area contributed by atoms with E-state index in [1.165, 1.54) is 13.2 Å². The van der Waals surface area contributed by atoms with Crippen molar-refractivity contribution in [1.82, 2.24) is 4.90 Å². The van der Waals surface area contributed by atoms with Crippen molar-refractivity contribution in [3.63, 3.8) is 0 Å². The van der Waals surface area contributed by atoms with E-state index in [2.05, 4.69) is 41.9 Å². The fourth-order valence-corrected chi connectivity index (χ4v) is 4.29. The number of imide groups is 1. The summed E-state index contributed by atoms with van der Waals surface area (Å²) in [5.41, 5.74) is 0.893. The van der Waals surface area contributed by atoms with Gasteiger partial charge < -0.3 is 14.8 Å². The number of carbonyl (C=O) groups excluding carboxylic acids is 4. The van der Waals surface area contributed by atoms with Crippen LogP contribution in [-0.2, 0) is 19.1 Å². The number of rotatable bonds is 7. The Balaban J connectivity index is 1.74. The van der Waals surface area contributed by atoms with E-state index in [1.807, 2.05) is 0 Å². The Hall–Kier alpha value is -2.34. The average Bonchev–Trinajstić information content (AvgIpc) is 3.02. The van der Waals surface area contributed by atoms with Gasteiger partial charge in [0, 0.05) is 20.2 Å². The van der Waals surface area contributed by atoms with Crippen molar-refractivity contribution in [1.29, 1.82) is 0 Å². The number of hydrogen-bond acceptors (Lipinski definition) is 7. The standard InChI is InChI=1S/C21H15Br2ClN2O6S/c1-31-19(28)10-32-16-5-2-12(22)6-11(16)7-17-20(29)26(21(30)33-17)9-18(27)25-13-3-4-14(23)15(24)8-13/h2-8H,9-10H2,1H3,(H,25,27)/b17-7+. The van der Waals surface area contributed by atoms with E-state index in [9.17, 15) is 19.2 Å². The first-order valence-corrected chi connectivity index (χ1v) is 12.0. The number of methoxy groups -OCH3 is 1. The molecule has 33 heavy (non-hydrogen) atoms. The molecule has 0 unspecified atom stereocenters. The van der Waals surface area contributed by atoms with Crippen LogP contribution in [0.1, 0.15) is 5.56 Å². The van der Waals surface area contributed by atoms with Crippen LogP contribution in [0.25, 0.3) is 6.08 Å². The average molecular weight is 619 g/mol. The van der Waals surface area contributed by atoms with Gasteiger partial charge in [0.05, 0.1) is 17.0 Å². The molecule has 0 spiro atoms. The van der Waals surface area contributed by atoms with Gasteiger partial charge in [0.15, 0.2) is 6.61 Å². The highest BCUT2D eigenvalue weighted by molar-refractivity contribution is 9.10. The Kier molecular flexibility index (Phi) is 8.57. The molecule has 1 aliphatic rings. The first-order chi connectivity index (χ1) is 15.7. The summed E-state index contributed by atoms with van der Waals surface area (Å²) in [5, 5.41) is 2.43. The minimum atomic E-state index is -0.618. The molecule has 3 rings (SSSR count). The van der Waals surface area contributed by atoms with Crippen LogP contribution in [-0.4, -0.2) is 48.2 Å². The lowest BCUT2D eigenvalue weighted by Gasteiger charge is -2.13. The predicted octanol–water partition coefficient (Wildman–Crippen LogP) is 5.09. The minimum Gasteiger partial charge on any atom is -0.481 e. The fourth-order valence-electron chi connectivity index (χ4n) is 2.65. The lowest BCUT2D eigenvalue weighted by atomic mass is 10.2. The Morgan fingerprint density at radius 1 is 1.18 bits per heavy atom. The van der Waals surface area contributed by atoms with Crippen LogP contribution in [0, 0.1) is 0 Å². The summed E-state index contributed by atoms with van der Waals surface area (Å²) >= 11 is 13.3. The summed E-state index contributed by atoms with van der Waals surface area (Å²) in [6.07, 6.45) is 1.47. The molecule has 1 fully saturated rings. The molecular formula is C21H15Br2ClN2O6S. The Labute approximate surface area is 214 Å². The molecule has 0 radical (unpaired) electrons. The molecule has 12 heteroatoms. The molecule has 1 N–H and O–H groups in total. The molecule has 172 valence electrons. The first-order valence-electron chi connectivity index (χ1n) is 9.17. The number of nitrogens with one attached hydrogen (secondary N) is 1. The number of nitrogens with zero attached hydrogens (tertiary/aromatic N) is 1. The summed E-state index contributed by atoms with van der Waals surface area (Å²) in [6.45, 7) is -0.777. The number of carbonyl (C=O) groups is 4. The fraction of sp³-hybridized carbons (Fsp3) is 0.143. The molecule has 1 aliphatic heterocycles. The molecule has 2 aromatic carbocycles. The number of ether oxygens (including phenoxy) is 2. The van der Waals surface area contributed by atoms with Gasteiger partial charge in [0.25, 0.3) is 11.1 Å². The highest BCUT2D eigenvalue weighted by atomic mass is 79.9. The summed E-state index contributed by atoms with van der Waals surface area (Å²) in [5.74, 6) is -1.42. The van der Waals surface area contributed by atoms with Gasteiger partial charge in [-0.3, -0.25) is 19.3 Å². The summed E-state index contributed by atoms with van der Waals surface area (Å²) < 4.78 is 11.4. The molecule has 0 aromatic heterocycles. The maximum Gasteiger partial charge on any atom is 0.343 e. The number of benzene rings is 2. The molecule has 3 amide bonds. The molecule has 0 bridgehead atoms. The largest absolute Gasteiger partial charge is 0.481 e. The second-order valence-corrected chi connectivity index (χ2v) is 9.66.